The second-order valence-electron chi connectivity index (χ2n) is 2.25. The molecule has 0 aliphatic heterocycles. The fourth-order valence-electron chi connectivity index (χ4n) is 0.828. The lowest BCUT2D eigenvalue weighted by molar-refractivity contribution is 0.386. The molecule has 0 spiro atoms. The van der Waals surface area contributed by atoms with Crippen LogP contribution in [-0.4, -0.2) is 10.4 Å². The Labute approximate surface area is 68.7 Å². The Morgan fingerprint density at radius 3 is 1.67 bits per heavy atom. The van der Waals surface area contributed by atoms with E-state index in [1.54, 1.807) is 0 Å². The molecule has 0 saturated heterocycles. The summed E-state index contributed by atoms with van der Waals surface area (Å²) in [5.41, 5.74) is 15.8. The molecule has 0 aliphatic rings. The average molecular weight is 170 g/mol. The monoisotopic (exact) mass is 170 g/mol. The molecule has 0 radical (unpaired) electrons. The van der Waals surface area contributed by atoms with Crippen molar-refractivity contribution in [3.8, 4) is 0 Å². The lowest BCUT2D eigenvalue weighted by Crippen LogP contribution is -2.02. The first-order chi connectivity index (χ1) is 5.69. The summed E-state index contributed by atoms with van der Waals surface area (Å²) in [4.78, 5) is 0. The highest BCUT2D eigenvalue weighted by Crippen LogP contribution is 2.28. The molecule has 12 heavy (non-hydrogen) atoms. The van der Waals surface area contributed by atoms with Crippen LogP contribution in [0.15, 0.2) is 12.1 Å². The number of hydrogen-bond donors (Lipinski definition) is 6. The minimum Gasteiger partial charge on any atom is -0.397 e. The minimum atomic E-state index is 0.278. The molecule has 0 bridgehead atoms. The average Bonchev–Trinajstić information content (AvgIpc) is 2.05. The van der Waals surface area contributed by atoms with Gasteiger partial charge in [0, 0.05) is 0 Å². The van der Waals surface area contributed by atoms with E-state index < -0.39 is 0 Å². The molecule has 6 nitrogen and oxygen atoms in total. The topological polar surface area (TPSA) is 117 Å². The van der Waals surface area contributed by atoms with Crippen molar-refractivity contribution in [1.29, 1.82) is 0 Å². The van der Waals surface area contributed by atoms with Crippen LogP contribution in [0.2, 0.25) is 0 Å². The molecule has 0 amide bonds. The molecule has 6 heteroatoms. The molecule has 8 N–H and O–H groups in total. The number of rotatable bonds is 2. The zero-order valence-electron chi connectivity index (χ0n) is 6.20. The van der Waals surface area contributed by atoms with Gasteiger partial charge in [-0.3, -0.25) is 21.4 Å². The predicted octanol–water partition coefficient (Wildman–Crippen LogP) is 0.453. The second kappa shape index (κ2) is 3.16. The standard InChI is InChI=1S/C6H10N4O2/c7-3-1-4(8)6(10-12)2-5(3)9-11/h1-2,9-12H,7-8H2. The SMILES string of the molecule is Nc1cc(N)c(NO)cc1NO. The van der Waals surface area contributed by atoms with Crippen molar-refractivity contribution in [1.82, 2.24) is 0 Å². The van der Waals surface area contributed by atoms with E-state index in [1.807, 2.05) is 11.0 Å². The second-order valence-corrected chi connectivity index (χ2v) is 2.25. The molecule has 0 atom stereocenters. The van der Waals surface area contributed by atoms with Crippen LogP contribution in [0.3, 0.4) is 0 Å². The Kier molecular flexibility index (Phi) is 2.22. The van der Waals surface area contributed by atoms with Crippen LogP contribution in [0.1, 0.15) is 0 Å². The maximum atomic E-state index is 8.55. The van der Waals surface area contributed by atoms with Crippen LogP contribution < -0.4 is 22.4 Å². The summed E-state index contributed by atoms with van der Waals surface area (Å²) in [6.07, 6.45) is 0. The Hall–Kier alpha value is -1.66. The summed E-state index contributed by atoms with van der Waals surface area (Å²) >= 11 is 0. The van der Waals surface area contributed by atoms with E-state index in [0.29, 0.717) is 11.4 Å². The molecule has 0 heterocycles. The highest BCUT2D eigenvalue weighted by atomic mass is 16.5. The van der Waals surface area contributed by atoms with E-state index >= 15 is 0 Å². The summed E-state index contributed by atoms with van der Waals surface area (Å²) in [6, 6.07) is 2.79. The van der Waals surface area contributed by atoms with Gasteiger partial charge in [0.1, 0.15) is 0 Å². The zero-order chi connectivity index (χ0) is 9.14. The maximum Gasteiger partial charge on any atom is 0.0854 e. The van der Waals surface area contributed by atoms with Crippen molar-refractivity contribution in [2.45, 2.75) is 0 Å². The molecule has 1 aromatic carbocycles. The molecule has 1 aromatic rings. The van der Waals surface area contributed by atoms with Gasteiger partial charge in [-0.05, 0) is 12.1 Å². The van der Waals surface area contributed by atoms with E-state index in [1.165, 1.54) is 12.1 Å². The molecule has 0 aromatic heterocycles. The van der Waals surface area contributed by atoms with Crippen molar-refractivity contribution in [3.63, 3.8) is 0 Å². The van der Waals surface area contributed by atoms with E-state index in [-0.39, 0.29) is 11.4 Å². The summed E-state index contributed by atoms with van der Waals surface area (Å²) in [5.74, 6) is 0. The van der Waals surface area contributed by atoms with Gasteiger partial charge < -0.3 is 11.5 Å². The molecule has 0 fully saturated rings. The number of nitrogens with two attached hydrogens (primary N) is 2. The summed E-state index contributed by atoms with van der Waals surface area (Å²) in [7, 11) is 0. The Morgan fingerprint density at radius 2 is 1.33 bits per heavy atom. The van der Waals surface area contributed by atoms with Crippen molar-refractivity contribution >= 4 is 22.7 Å². The van der Waals surface area contributed by atoms with E-state index in [2.05, 4.69) is 0 Å². The first kappa shape index (κ1) is 8.44. The van der Waals surface area contributed by atoms with Gasteiger partial charge in [0.05, 0.1) is 22.7 Å². The number of hydrogen-bond acceptors (Lipinski definition) is 6. The molecule has 66 valence electrons. The first-order valence-corrected chi connectivity index (χ1v) is 3.18. The molecular weight excluding hydrogens is 160 g/mol. The smallest absolute Gasteiger partial charge is 0.0854 e. The van der Waals surface area contributed by atoms with Gasteiger partial charge in [0.2, 0.25) is 0 Å². The highest BCUT2D eigenvalue weighted by molar-refractivity contribution is 5.80. The fraction of sp³-hybridized carbons (Fsp3) is 0. The Bertz CT molecular complexity index is 264. The molecule has 0 unspecified atom stereocenters. The predicted molar refractivity (Wildman–Crippen MR) is 46.1 cm³/mol. The fourth-order valence-corrected chi connectivity index (χ4v) is 0.828. The van der Waals surface area contributed by atoms with Crippen LogP contribution in [0.25, 0.3) is 0 Å². The lowest BCUT2D eigenvalue weighted by atomic mass is 10.2. The number of benzene rings is 1. The van der Waals surface area contributed by atoms with Gasteiger partial charge in [0.25, 0.3) is 0 Å². The van der Waals surface area contributed by atoms with E-state index in [0.717, 1.165) is 0 Å². The molecule has 1 rings (SSSR count). The van der Waals surface area contributed by atoms with Crippen molar-refractivity contribution in [2.24, 2.45) is 0 Å². The van der Waals surface area contributed by atoms with Gasteiger partial charge in [-0.25, -0.2) is 0 Å². The molecular formula is C6H10N4O2. The third kappa shape index (κ3) is 1.34. The summed E-state index contributed by atoms with van der Waals surface area (Å²) in [5, 5.41) is 17.1. The maximum absolute atomic E-state index is 8.55. The summed E-state index contributed by atoms with van der Waals surface area (Å²) in [6.45, 7) is 0. The Morgan fingerprint density at radius 1 is 0.917 bits per heavy atom. The van der Waals surface area contributed by atoms with Crippen LogP contribution >= 0.6 is 0 Å². The summed E-state index contributed by atoms with van der Waals surface area (Å²) < 4.78 is 0. The van der Waals surface area contributed by atoms with Crippen molar-refractivity contribution < 1.29 is 10.4 Å². The number of nitrogens with one attached hydrogen (secondary N) is 2. The van der Waals surface area contributed by atoms with Gasteiger partial charge in [-0.1, -0.05) is 0 Å². The lowest BCUT2D eigenvalue weighted by Gasteiger charge is -2.08. The van der Waals surface area contributed by atoms with Crippen LogP contribution in [0.5, 0.6) is 0 Å². The van der Waals surface area contributed by atoms with E-state index in [9.17, 15) is 0 Å². The van der Waals surface area contributed by atoms with Crippen LogP contribution in [0, 0.1) is 0 Å². The number of anilines is 4. The minimum absolute atomic E-state index is 0.278. The van der Waals surface area contributed by atoms with Crippen LogP contribution in [-0.2, 0) is 0 Å². The van der Waals surface area contributed by atoms with Crippen LogP contribution in [0.4, 0.5) is 22.7 Å². The van der Waals surface area contributed by atoms with Crippen molar-refractivity contribution in [2.75, 3.05) is 22.4 Å². The quantitative estimate of drug-likeness (QED) is 0.283. The van der Waals surface area contributed by atoms with Gasteiger partial charge in [-0.2, -0.15) is 0 Å². The third-order valence-corrected chi connectivity index (χ3v) is 1.46. The Balaban J connectivity index is 3.18. The molecule has 0 saturated carbocycles. The highest BCUT2D eigenvalue weighted by Gasteiger charge is 2.03. The first-order valence-electron chi connectivity index (χ1n) is 3.18. The zero-order valence-corrected chi connectivity index (χ0v) is 6.20. The normalized spacial score (nSPS) is 9.50. The number of nitrogen functional groups attached to an aromatic ring is 2. The molecule has 0 aliphatic carbocycles. The largest absolute Gasteiger partial charge is 0.397 e. The van der Waals surface area contributed by atoms with Crippen molar-refractivity contribution in [3.05, 3.63) is 12.1 Å². The van der Waals surface area contributed by atoms with Gasteiger partial charge >= 0.3 is 0 Å². The van der Waals surface area contributed by atoms with Gasteiger partial charge in [-0.15, -0.1) is 0 Å². The third-order valence-electron chi connectivity index (χ3n) is 1.46. The van der Waals surface area contributed by atoms with E-state index in [4.69, 9.17) is 21.9 Å². The van der Waals surface area contributed by atoms with Gasteiger partial charge in [0.15, 0.2) is 0 Å².